The Bertz CT molecular complexity index is 278. The van der Waals surface area contributed by atoms with E-state index in [2.05, 4.69) is 17.1 Å². The predicted molar refractivity (Wildman–Crippen MR) is 78.4 cm³/mol. The van der Waals surface area contributed by atoms with Gasteiger partial charge in [-0.05, 0) is 57.9 Å². The molecule has 1 saturated carbocycles. The van der Waals surface area contributed by atoms with Crippen molar-refractivity contribution in [2.45, 2.75) is 70.1 Å². The standard InChI is InChI=1S/C16H30N2O/c1-13(11-17-12-15-7-4-10-19-15)18-9-3-6-14-5-2-8-16(14)18/h13-17H,2-12H2,1H3. The topological polar surface area (TPSA) is 24.5 Å². The van der Waals surface area contributed by atoms with Crippen LogP contribution in [0.25, 0.3) is 0 Å². The van der Waals surface area contributed by atoms with E-state index in [1.807, 2.05) is 0 Å². The van der Waals surface area contributed by atoms with Crippen LogP contribution in [0.5, 0.6) is 0 Å². The number of hydrogen-bond acceptors (Lipinski definition) is 3. The first-order valence-corrected chi connectivity index (χ1v) is 8.42. The molecule has 4 atom stereocenters. The van der Waals surface area contributed by atoms with E-state index in [1.165, 1.54) is 51.5 Å². The molecule has 0 aromatic carbocycles. The van der Waals surface area contributed by atoms with Gasteiger partial charge in [0, 0.05) is 31.8 Å². The summed E-state index contributed by atoms with van der Waals surface area (Å²) in [6.45, 7) is 6.88. The van der Waals surface area contributed by atoms with Gasteiger partial charge >= 0.3 is 0 Å². The molecule has 0 amide bonds. The highest BCUT2D eigenvalue weighted by Gasteiger charge is 2.36. The summed E-state index contributed by atoms with van der Waals surface area (Å²) in [5.74, 6) is 1.01. The van der Waals surface area contributed by atoms with E-state index < -0.39 is 0 Å². The maximum absolute atomic E-state index is 5.67. The lowest BCUT2D eigenvalue weighted by atomic mass is 9.91. The van der Waals surface area contributed by atoms with Crippen LogP contribution in [0, 0.1) is 5.92 Å². The van der Waals surface area contributed by atoms with E-state index in [1.54, 1.807) is 0 Å². The number of nitrogens with one attached hydrogen (secondary N) is 1. The molecule has 3 fully saturated rings. The van der Waals surface area contributed by atoms with Crippen molar-refractivity contribution in [2.75, 3.05) is 26.2 Å². The van der Waals surface area contributed by atoms with Gasteiger partial charge in [-0.15, -0.1) is 0 Å². The Morgan fingerprint density at radius 1 is 1.16 bits per heavy atom. The van der Waals surface area contributed by atoms with E-state index in [0.29, 0.717) is 12.1 Å². The Labute approximate surface area is 118 Å². The lowest BCUT2D eigenvalue weighted by molar-refractivity contribution is 0.0695. The number of likely N-dealkylation sites (tertiary alicyclic amines) is 1. The third-order valence-electron chi connectivity index (χ3n) is 5.44. The molecule has 2 heterocycles. The molecule has 0 bridgehead atoms. The van der Waals surface area contributed by atoms with Crippen molar-refractivity contribution < 1.29 is 4.74 Å². The first-order chi connectivity index (χ1) is 9.34. The molecule has 0 aromatic rings. The molecule has 0 spiro atoms. The lowest BCUT2D eigenvalue weighted by Gasteiger charge is -2.41. The van der Waals surface area contributed by atoms with Gasteiger partial charge in [-0.2, -0.15) is 0 Å². The Morgan fingerprint density at radius 3 is 2.89 bits per heavy atom. The second-order valence-corrected chi connectivity index (χ2v) is 6.78. The number of hydrogen-bond donors (Lipinski definition) is 1. The van der Waals surface area contributed by atoms with Gasteiger partial charge in [-0.3, -0.25) is 4.90 Å². The van der Waals surface area contributed by atoms with Crippen molar-refractivity contribution >= 4 is 0 Å². The van der Waals surface area contributed by atoms with Gasteiger partial charge in [0.25, 0.3) is 0 Å². The van der Waals surface area contributed by atoms with Crippen molar-refractivity contribution in [3.63, 3.8) is 0 Å². The summed E-state index contributed by atoms with van der Waals surface area (Å²) in [6, 6.07) is 1.58. The van der Waals surface area contributed by atoms with Gasteiger partial charge in [0.1, 0.15) is 0 Å². The van der Waals surface area contributed by atoms with E-state index in [-0.39, 0.29) is 0 Å². The minimum Gasteiger partial charge on any atom is -0.377 e. The summed E-state index contributed by atoms with van der Waals surface area (Å²) in [5.41, 5.74) is 0. The fraction of sp³-hybridized carbons (Fsp3) is 1.00. The Balaban J connectivity index is 1.42. The summed E-state index contributed by atoms with van der Waals surface area (Å²) in [5, 5.41) is 3.64. The summed E-state index contributed by atoms with van der Waals surface area (Å²) in [7, 11) is 0. The smallest absolute Gasteiger partial charge is 0.0700 e. The fourth-order valence-electron chi connectivity index (χ4n) is 4.42. The molecule has 1 N–H and O–H groups in total. The molecule has 4 unspecified atom stereocenters. The van der Waals surface area contributed by atoms with Crippen LogP contribution in [-0.2, 0) is 4.74 Å². The lowest BCUT2D eigenvalue weighted by Crippen LogP contribution is -2.51. The zero-order valence-corrected chi connectivity index (χ0v) is 12.4. The van der Waals surface area contributed by atoms with E-state index in [0.717, 1.165) is 31.7 Å². The number of nitrogens with zero attached hydrogens (tertiary/aromatic N) is 1. The molecule has 110 valence electrons. The molecule has 0 aromatic heterocycles. The van der Waals surface area contributed by atoms with Crippen LogP contribution in [0.1, 0.15) is 51.9 Å². The molecular formula is C16H30N2O. The minimum atomic E-state index is 0.479. The largest absolute Gasteiger partial charge is 0.377 e. The van der Waals surface area contributed by atoms with Crippen molar-refractivity contribution in [3.05, 3.63) is 0 Å². The van der Waals surface area contributed by atoms with Gasteiger partial charge in [-0.25, -0.2) is 0 Å². The summed E-state index contributed by atoms with van der Waals surface area (Å²) < 4.78 is 5.67. The quantitative estimate of drug-likeness (QED) is 0.827. The van der Waals surface area contributed by atoms with Crippen molar-refractivity contribution in [3.8, 4) is 0 Å². The number of ether oxygens (including phenoxy) is 1. The molecule has 3 heteroatoms. The number of rotatable bonds is 5. The minimum absolute atomic E-state index is 0.479. The molecule has 2 saturated heterocycles. The molecule has 3 rings (SSSR count). The predicted octanol–water partition coefficient (Wildman–Crippen LogP) is 2.41. The van der Waals surface area contributed by atoms with Crippen LogP contribution in [0.4, 0.5) is 0 Å². The highest BCUT2D eigenvalue weighted by Crippen LogP contribution is 2.37. The van der Waals surface area contributed by atoms with E-state index in [4.69, 9.17) is 4.74 Å². The van der Waals surface area contributed by atoms with Crippen LogP contribution in [-0.4, -0.2) is 49.3 Å². The molecule has 3 nitrogen and oxygen atoms in total. The molecule has 19 heavy (non-hydrogen) atoms. The van der Waals surface area contributed by atoms with Gasteiger partial charge < -0.3 is 10.1 Å². The van der Waals surface area contributed by atoms with Crippen molar-refractivity contribution in [2.24, 2.45) is 5.92 Å². The zero-order valence-electron chi connectivity index (χ0n) is 12.4. The highest BCUT2D eigenvalue weighted by atomic mass is 16.5. The first kappa shape index (κ1) is 13.8. The maximum Gasteiger partial charge on any atom is 0.0700 e. The zero-order chi connectivity index (χ0) is 13.1. The van der Waals surface area contributed by atoms with Crippen molar-refractivity contribution in [1.29, 1.82) is 0 Å². The fourth-order valence-corrected chi connectivity index (χ4v) is 4.42. The normalized spacial score (nSPS) is 37.4. The summed E-state index contributed by atoms with van der Waals surface area (Å²) >= 11 is 0. The van der Waals surface area contributed by atoms with Crippen LogP contribution >= 0.6 is 0 Å². The summed E-state index contributed by atoms with van der Waals surface area (Å²) in [6.07, 6.45) is 10.3. The average Bonchev–Trinajstić information content (AvgIpc) is 3.08. The molecular weight excluding hydrogens is 236 g/mol. The van der Waals surface area contributed by atoms with E-state index >= 15 is 0 Å². The SMILES string of the molecule is CC(CNCC1CCCO1)N1CCCC2CCCC21. The highest BCUT2D eigenvalue weighted by molar-refractivity contribution is 4.91. The summed E-state index contributed by atoms with van der Waals surface area (Å²) in [4.78, 5) is 2.80. The van der Waals surface area contributed by atoms with Gasteiger partial charge in [0.2, 0.25) is 0 Å². The number of piperidine rings is 1. The molecule has 0 radical (unpaired) electrons. The molecule has 2 aliphatic heterocycles. The Kier molecular flexibility index (Phi) is 4.78. The third kappa shape index (κ3) is 3.32. The Morgan fingerprint density at radius 2 is 2.05 bits per heavy atom. The third-order valence-corrected chi connectivity index (χ3v) is 5.44. The van der Waals surface area contributed by atoms with Crippen LogP contribution in [0.3, 0.4) is 0 Å². The monoisotopic (exact) mass is 266 g/mol. The first-order valence-electron chi connectivity index (χ1n) is 8.42. The van der Waals surface area contributed by atoms with Crippen LogP contribution < -0.4 is 5.32 Å². The van der Waals surface area contributed by atoms with Gasteiger partial charge in [-0.1, -0.05) is 6.42 Å². The second kappa shape index (κ2) is 6.55. The number of fused-ring (bicyclic) bond motifs is 1. The molecule has 1 aliphatic carbocycles. The second-order valence-electron chi connectivity index (χ2n) is 6.78. The van der Waals surface area contributed by atoms with Gasteiger partial charge in [0.15, 0.2) is 0 Å². The maximum atomic E-state index is 5.67. The Hall–Kier alpha value is -0.120. The average molecular weight is 266 g/mol. The van der Waals surface area contributed by atoms with Crippen molar-refractivity contribution in [1.82, 2.24) is 10.2 Å². The van der Waals surface area contributed by atoms with Crippen LogP contribution in [0.2, 0.25) is 0 Å². The van der Waals surface area contributed by atoms with E-state index in [9.17, 15) is 0 Å². The van der Waals surface area contributed by atoms with Gasteiger partial charge in [0.05, 0.1) is 6.10 Å². The van der Waals surface area contributed by atoms with Crippen LogP contribution in [0.15, 0.2) is 0 Å². The molecule has 3 aliphatic rings.